The van der Waals surface area contributed by atoms with Crippen molar-refractivity contribution in [2.45, 2.75) is 12.8 Å². The number of carbonyl (C=O) groups is 2. The number of rotatable bonds is 4. The Morgan fingerprint density at radius 2 is 2.10 bits per heavy atom. The summed E-state index contributed by atoms with van der Waals surface area (Å²) in [6.45, 7) is 1.26. The molecule has 20 heavy (non-hydrogen) atoms. The van der Waals surface area contributed by atoms with Gasteiger partial charge >= 0.3 is 0 Å². The first-order chi connectivity index (χ1) is 9.70. The van der Waals surface area contributed by atoms with Gasteiger partial charge in [0.2, 0.25) is 11.8 Å². The van der Waals surface area contributed by atoms with Crippen molar-refractivity contribution in [1.29, 1.82) is 0 Å². The van der Waals surface area contributed by atoms with Gasteiger partial charge in [0.05, 0.1) is 5.92 Å². The molecule has 5 nitrogen and oxygen atoms in total. The number of nitrogens with zero attached hydrogens (tertiary/aromatic N) is 1. The molecule has 2 rings (SSSR count). The van der Waals surface area contributed by atoms with Crippen molar-refractivity contribution in [2.75, 3.05) is 32.1 Å². The molecule has 0 aromatic heterocycles. The number of hydrogen-bond donors (Lipinski definition) is 1. The van der Waals surface area contributed by atoms with E-state index in [-0.39, 0.29) is 24.3 Å². The number of likely N-dealkylation sites (tertiary alicyclic amines) is 1. The number of carbonyl (C=O) groups excluding carboxylic acids is 2. The number of ether oxygens (including phenoxy) is 1. The van der Waals surface area contributed by atoms with Crippen LogP contribution in [0.15, 0.2) is 30.3 Å². The Balaban J connectivity index is 1.91. The number of para-hydroxylation sites is 1. The quantitative estimate of drug-likeness (QED) is 0.907. The van der Waals surface area contributed by atoms with E-state index in [2.05, 4.69) is 5.32 Å². The van der Waals surface area contributed by atoms with Crippen molar-refractivity contribution in [3.63, 3.8) is 0 Å². The second kappa shape index (κ2) is 7.05. The number of amides is 2. The van der Waals surface area contributed by atoms with Crippen molar-refractivity contribution < 1.29 is 14.3 Å². The minimum absolute atomic E-state index is 0.0221. The minimum Gasteiger partial charge on any atom is -0.375 e. The van der Waals surface area contributed by atoms with Crippen LogP contribution in [0.4, 0.5) is 5.69 Å². The lowest BCUT2D eigenvalue weighted by Gasteiger charge is -2.31. The summed E-state index contributed by atoms with van der Waals surface area (Å²) in [6, 6.07) is 9.38. The molecule has 0 unspecified atom stereocenters. The maximum Gasteiger partial charge on any atom is 0.248 e. The van der Waals surface area contributed by atoms with E-state index < -0.39 is 0 Å². The summed E-state index contributed by atoms with van der Waals surface area (Å²) in [6.07, 6.45) is 1.66. The first kappa shape index (κ1) is 14.5. The van der Waals surface area contributed by atoms with Gasteiger partial charge in [0.25, 0.3) is 0 Å². The number of methoxy groups -OCH3 is 1. The molecule has 1 saturated heterocycles. The molecule has 0 saturated carbocycles. The highest BCUT2D eigenvalue weighted by Gasteiger charge is 2.28. The molecule has 5 heteroatoms. The molecule has 0 spiro atoms. The second-order valence-corrected chi connectivity index (χ2v) is 4.97. The maximum absolute atomic E-state index is 12.2. The molecule has 0 bridgehead atoms. The average molecular weight is 276 g/mol. The van der Waals surface area contributed by atoms with E-state index in [1.165, 1.54) is 7.11 Å². The Hall–Kier alpha value is -1.88. The highest BCUT2D eigenvalue weighted by Crippen LogP contribution is 2.19. The summed E-state index contributed by atoms with van der Waals surface area (Å²) >= 11 is 0. The van der Waals surface area contributed by atoms with Crippen molar-refractivity contribution in [2.24, 2.45) is 5.92 Å². The molecule has 1 fully saturated rings. The van der Waals surface area contributed by atoms with Crippen LogP contribution in [0.1, 0.15) is 12.8 Å². The molecular weight excluding hydrogens is 256 g/mol. The Kier molecular flexibility index (Phi) is 5.12. The molecule has 2 amide bonds. The van der Waals surface area contributed by atoms with Crippen LogP contribution in [0.25, 0.3) is 0 Å². The molecule has 1 aromatic rings. The predicted octanol–water partition coefficient (Wildman–Crippen LogP) is 1.51. The van der Waals surface area contributed by atoms with E-state index in [0.717, 1.165) is 18.5 Å². The van der Waals surface area contributed by atoms with E-state index >= 15 is 0 Å². The lowest BCUT2D eigenvalue weighted by molar-refractivity contribution is -0.138. The molecule has 0 aliphatic carbocycles. The molecular formula is C15H20N2O3. The highest BCUT2D eigenvalue weighted by atomic mass is 16.5. The van der Waals surface area contributed by atoms with Gasteiger partial charge in [0.1, 0.15) is 6.61 Å². The van der Waals surface area contributed by atoms with Crippen LogP contribution in [0.5, 0.6) is 0 Å². The number of benzene rings is 1. The average Bonchev–Trinajstić information content (AvgIpc) is 2.48. The number of anilines is 1. The Morgan fingerprint density at radius 1 is 1.35 bits per heavy atom. The zero-order chi connectivity index (χ0) is 14.4. The fourth-order valence-electron chi connectivity index (χ4n) is 2.40. The van der Waals surface area contributed by atoms with Crippen molar-refractivity contribution in [3.05, 3.63) is 30.3 Å². The number of piperidine rings is 1. The van der Waals surface area contributed by atoms with Crippen LogP contribution in [0, 0.1) is 5.92 Å². The monoisotopic (exact) mass is 276 g/mol. The summed E-state index contributed by atoms with van der Waals surface area (Å²) in [7, 11) is 1.50. The van der Waals surface area contributed by atoms with Crippen LogP contribution in [-0.2, 0) is 14.3 Å². The fraction of sp³-hybridized carbons (Fsp3) is 0.467. The van der Waals surface area contributed by atoms with Crippen LogP contribution in [-0.4, -0.2) is 43.5 Å². The second-order valence-electron chi connectivity index (χ2n) is 4.97. The zero-order valence-electron chi connectivity index (χ0n) is 11.7. The van der Waals surface area contributed by atoms with E-state index in [0.29, 0.717) is 13.1 Å². The summed E-state index contributed by atoms with van der Waals surface area (Å²) in [5, 5.41) is 2.89. The zero-order valence-corrected chi connectivity index (χ0v) is 11.7. The smallest absolute Gasteiger partial charge is 0.248 e. The van der Waals surface area contributed by atoms with Crippen LogP contribution >= 0.6 is 0 Å². The minimum atomic E-state index is -0.148. The van der Waals surface area contributed by atoms with Crippen LogP contribution in [0.3, 0.4) is 0 Å². The normalized spacial score (nSPS) is 18.6. The third-order valence-electron chi connectivity index (χ3n) is 3.45. The molecule has 1 N–H and O–H groups in total. The number of nitrogens with one attached hydrogen (secondary N) is 1. The van der Waals surface area contributed by atoms with Gasteiger partial charge in [0, 0.05) is 25.9 Å². The predicted molar refractivity (Wildman–Crippen MR) is 76.3 cm³/mol. The largest absolute Gasteiger partial charge is 0.375 e. The summed E-state index contributed by atoms with van der Waals surface area (Å²) in [5.74, 6) is -0.222. The number of hydrogen-bond acceptors (Lipinski definition) is 3. The molecule has 1 aromatic carbocycles. The van der Waals surface area contributed by atoms with Gasteiger partial charge < -0.3 is 15.0 Å². The van der Waals surface area contributed by atoms with Crippen LogP contribution in [0.2, 0.25) is 0 Å². The van der Waals surface area contributed by atoms with Gasteiger partial charge in [0.15, 0.2) is 0 Å². The molecule has 108 valence electrons. The lowest BCUT2D eigenvalue weighted by atomic mass is 9.97. The fourth-order valence-corrected chi connectivity index (χ4v) is 2.40. The first-order valence-electron chi connectivity index (χ1n) is 6.83. The van der Waals surface area contributed by atoms with Gasteiger partial charge in [-0.05, 0) is 25.0 Å². The van der Waals surface area contributed by atoms with Gasteiger partial charge in [-0.15, -0.1) is 0 Å². The van der Waals surface area contributed by atoms with Gasteiger partial charge in [-0.25, -0.2) is 0 Å². The highest BCUT2D eigenvalue weighted by molar-refractivity contribution is 5.93. The van der Waals surface area contributed by atoms with Crippen molar-refractivity contribution in [1.82, 2.24) is 4.90 Å². The van der Waals surface area contributed by atoms with Crippen molar-refractivity contribution >= 4 is 17.5 Å². The van der Waals surface area contributed by atoms with E-state index in [1.54, 1.807) is 4.90 Å². The topological polar surface area (TPSA) is 58.6 Å². The van der Waals surface area contributed by atoms with E-state index in [9.17, 15) is 9.59 Å². The van der Waals surface area contributed by atoms with E-state index in [4.69, 9.17) is 4.74 Å². The van der Waals surface area contributed by atoms with Gasteiger partial charge in [-0.2, -0.15) is 0 Å². The van der Waals surface area contributed by atoms with Crippen LogP contribution < -0.4 is 5.32 Å². The van der Waals surface area contributed by atoms with E-state index in [1.807, 2.05) is 30.3 Å². The molecule has 1 aliphatic heterocycles. The Morgan fingerprint density at radius 3 is 2.80 bits per heavy atom. The molecule has 1 aliphatic rings. The lowest BCUT2D eigenvalue weighted by Crippen LogP contribution is -2.45. The SMILES string of the molecule is COCC(=O)N1CCC[C@@H](C(=O)Nc2ccccc2)C1. The van der Waals surface area contributed by atoms with Crippen molar-refractivity contribution in [3.8, 4) is 0 Å². The van der Waals surface area contributed by atoms with Gasteiger partial charge in [-0.3, -0.25) is 9.59 Å². The summed E-state index contributed by atoms with van der Waals surface area (Å²) in [4.78, 5) is 25.7. The third-order valence-corrected chi connectivity index (χ3v) is 3.45. The Labute approximate surface area is 118 Å². The molecule has 0 radical (unpaired) electrons. The first-order valence-corrected chi connectivity index (χ1v) is 6.83. The third kappa shape index (κ3) is 3.81. The molecule has 1 atom stereocenters. The van der Waals surface area contributed by atoms with Gasteiger partial charge in [-0.1, -0.05) is 18.2 Å². The molecule has 1 heterocycles. The standard InChI is InChI=1S/C15H20N2O3/c1-20-11-14(18)17-9-5-6-12(10-17)15(19)16-13-7-3-2-4-8-13/h2-4,7-8,12H,5-6,9-11H2,1H3,(H,16,19)/t12-/m1/s1. The summed E-state index contributed by atoms with van der Waals surface area (Å²) in [5.41, 5.74) is 0.790. The maximum atomic E-state index is 12.2. The Bertz CT molecular complexity index is 461. The summed E-state index contributed by atoms with van der Waals surface area (Å²) < 4.78 is 4.86.